The quantitative estimate of drug-likeness (QED) is 0.848. The third kappa shape index (κ3) is 3.38. The number of allylic oxidation sites excluding steroid dienone is 1. The maximum Gasteiger partial charge on any atom is 0.394 e. The molecule has 0 aliphatic carbocycles. The molecule has 0 unspecified atom stereocenters. The van der Waals surface area contributed by atoms with Crippen LogP contribution in [0.4, 0.5) is 5.69 Å². The number of carboxylic acids is 1. The minimum absolute atomic E-state index is 0.483. The Bertz CT molecular complexity index is 731. The number of amides is 1. The van der Waals surface area contributed by atoms with Gasteiger partial charge in [-0.3, -0.25) is 4.79 Å². The van der Waals surface area contributed by atoms with E-state index in [-0.39, 0.29) is 0 Å². The van der Waals surface area contributed by atoms with Crippen LogP contribution in [0.5, 0.6) is 0 Å². The van der Waals surface area contributed by atoms with Gasteiger partial charge in [0.2, 0.25) is 0 Å². The Hall–Kier alpha value is -2.40. The molecule has 0 spiro atoms. The van der Waals surface area contributed by atoms with Crippen molar-refractivity contribution >= 4 is 34.5 Å². The maximum atomic E-state index is 11.4. The summed E-state index contributed by atoms with van der Waals surface area (Å²) in [5.41, 5.74) is 3.42. The van der Waals surface area contributed by atoms with E-state index in [1.807, 2.05) is 38.1 Å². The predicted molar refractivity (Wildman–Crippen MR) is 85.5 cm³/mol. The first kappa shape index (κ1) is 15.0. The molecule has 1 aromatic heterocycles. The summed E-state index contributed by atoms with van der Waals surface area (Å²) in [6, 6.07) is 9.76. The van der Waals surface area contributed by atoms with Crippen molar-refractivity contribution in [3.05, 3.63) is 47.4 Å². The van der Waals surface area contributed by atoms with E-state index < -0.39 is 11.9 Å². The molecule has 2 rings (SSSR count). The number of carboxylic acid groups (broad SMARTS) is 1. The number of carbonyl (C=O) groups excluding carboxylic acids is 1. The molecule has 0 fully saturated rings. The van der Waals surface area contributed by atoms with Crippen molar-refractivity contribution in [3.63, 3.8) is 0 Å². The van der Waals surface area contributed by atoms with E-state index in [1.165, 1.54) is 11.3 Å². The minimum atomic E-state index is -1.51. The van der Waals surface area contributed by atoms with Crippen molar-refractivity contribution in [2.24, 2.45) is 0 Å². The zero-order valence-corrected chi connectivity index (χ0v) is 12.6. The number of benzene rings is 1. The number of anilines is 1. The van der Waals surface area contributed by atoms with Crippen molar-refractivity contribution in [2.75, 3.05) is 5.32 Å². The van der Waals surface area contributed by atoms with E-state index in [1.54, 1.807) is 6.07 Å². The fourth-order valence-electron chi connectivity index (χ4n) is 1.92. The molecule has 0 atom stereocenters. The summed E-state index contributed by atoms with van der Waals surface area (Å²) < 4.78 is 0. The fraction of sp³-hybridized carbons (Fsp3) is 0.125. The predicted octanol–water partition coefficient (Wildman–Crippen LogP) is 3.78. The highest BCUT2D eigenvalue weighted by molar-refractivity contribution is 7.17. The highest BCUT2D eigenvalue weighted by Gasteiger charge is 2.17. The van der Waals surface area contributed by atoms with Gasteiger partial charge in [-0.25, -0.2) is 4.79 Å². The highest BCUT2D eigenvalue weighted by atomic mass is 32.1. The van der Waals surface area contributed by atoms with Gasteiger partial charge in [-0.15, -0.1) is 11.3 Å². The summed E-state index contributed by atoms with van der Waals surface area (Å²) in [6.45, 7) is 7.70. The van der Waals surface area contributed by atoms with Crippen molar-refractivity contribution in [3.8, 4) is 10.4 Å². The molecule has 0 aliphatic heterocycles. The molecule has 1 aromatic carbocycles. The average molecular weight is 301 g/mol. The van der Waals surface area contributed by atoms with Crippen LogP contribution in [0.15, 0.2) is 36.9 Å². The Labute approximate surface area is 126 Å². The average Bonchev–Trinajstić information content (AvgIpc) is 2.82. The first-order chi connectivity index (χ1) is 9.88. The monoisotopic (exact) mass is 301 g/mol. The molecular weight excluding hydrogens is 286 g/mol. The van der Waals surface area contributed by atoms with Crippen LogP contribution < -0.4 is 5.32 Å². The summed E-state index contributed by atoms with van der Waals surface area (Å²) in [7, 11) is 0. The van der Waals surface area contributed by atoms with Gasteiger partial charge in [-0.05, 0) is 31.1 Å². The van der Waals surface area contributed by atoms with Crippen LogP contribution >= 0.6 is 11.3 Å². The minimum Gasteiger partial charge on any atom is -0.474 e. The third-order valence-electron chi connectivity index (χ3n) is 2.86. The van der Waals surface area contributed by atoms with Gasteiger partial charge in [0.15, 0.2) is 0 Å². The number of aliphatic carboxylic acids is 1. The normalized spacial score (nSPS) is 10.2. The molecular formula is C16H15NO3S. The zero-order chi connectivity index (χ0) is 15.6. The fourth-order valence-corrected chi connectivity index (χ4v) is 2.95. The summed E-state index contributed by atoms with van der Waals surface area (Å²) in [5, 5.41) is 11.1. The molecule has 0 saturated carbocycles. The van der Waals surface area contributed by atoms with Gasteiger partial charge in [0.25, 0.3) is 0 Å². The summed E-state index contributed by atoms with van der Waals surface area (Å²) in [6.07, 6.45) is 0. The Morgan fingerprint density at radius 1 is 1.29 bits per heavy atom. The smallest absolute Gasteiger partial charge is 0.394 e. The summed E-state index contributed by atoms with van der Waals surface area (Å²) in [5.74, 6) is -2.56. The second-order valence-electron chi connectivity index (χ2n) is 4.76. The topological polar surface area (TPSA) is 66.4 Å². The van der Waals surface area contributed by atoms with Crippen molar-refractivity contribution in [1.82, 2.24) is 0 Å². The molecule has 1 heterocycles. The molecule has 0 bridgehead atoms. The van der Waals surface area contributed by atoms with Crippen molar-refractivity contribution in [1.29, 1.82) is 0 Å². The first-order valence-electron chi connectivity index (χ1n) is 6.29. The standard InChI is InChI=1S/C16H15NO3S/c1-9(2)14-12(17-15(18)16(19)20)8-13(21-14)11-6-4-5-10(3)7-11/h4-8H,1H2,2-3H3,(H,17,18)(H,19,20). The molecule has 2 N–H and O–H groups in total. The van der Waals surface area contributed by atoms with Crippen LogP contribution in [-0.4, -0.2) is 17.0 Å². The highest BCUT2D eigenvalue weighted by Crippen LogP contribution is 2.38. The van der Waals surface area contributed by atoms with Gasteiger partial charge in [-0.2, -0.15) is 0 Å². The van der Waals surface area contributed by atoms with Crippen molar-refractivity contribution < 1.29 is 14.7 Å². The van der Waals surface area contributed by atoms with Gasteiger partial charge in [0.05, 0.1) is 10.6 Å². The molecule has 1 amide bonds. The molecule has 108 valence electrons. The van der Waals surface area contributed by atoms with Gasteiger partial charge in [-0.1, -0.05) is 36.4 Å². The molecule has 2 aromatic rings. The van der Waals surface area contributed by atoms with Crippen LogP contribution in [0.2, 0.25) is 0 Å². The van der Waals surface area contributed by atoms with E-state index in [2.05, 4.69) is 11.9 Å². The number of hydrogen-bond donors (Lipinski definition) is 2. The molecule has 0 aliphatic rings. The lowest BCUT2D eigenvalue weighted by molar-refractivity contribution is -0.147. The van der Waals surface area contributed by atoms with E-state index in [4.69, 9.17) is 5.11 Å². The van der Waals surface area contributed by atoms with Crippen LogP contribution in [-0.2, 0) is 9.59 Å². The molecule has 4 nitrogen and oxygen atoms in total. The van der Waals surface area contributed by atoms with Crippen LogP contribution in [0, 0.1) is 6.92 Å². The largest absolute Gasteiger partial charge is 0.474 e. The van der Waals surface area contributed by atoms with Gasteiger partial charge < -0.3 is 10.4 Å². The Morgan fingerprint density at radius 2 is 2.00 bits per heavy atom. The van der Waals surface area contributed by atoms with Crippen molar-refractivity contribution in [2.45, 2.75) is 13.8 Å². The molecule has 5 heteroatoms. The number of hydrogen-bond acceptors (Lipinski definition) is 3. The van der Waals surface area contributed by atoms with E-state index in [0.717, 1.165) is 26.5 Å². The number of thiophene rings is 1. The Morgan fingerprint density at radius 3 is 2.57 bits per heavy atom. The second-order valence-corrected chi connectivity index (χ2v) is 5.81. The van der Waals surface area contributed by atoms with Crippen LogP contribution in [0.25, 0.3) is 16.0 Å². The summed E-state index contributed by atoms with van der Waals surface area (Å²) >= 11 is 1.48. The lowest BCUT2D eigenvalue weighted by Gasteiger charge is -2.02. The number of carbonyl (C=O) groups is 2. The zero-order valence-electron chi connectivity index (χ0n) is 11.8. The lowest BCUT2D eigenvalue weighted by atomic mass is 10.1. The first-order valence-corrected chi connectivity index (χ1v) is 7.11. The van der Waals surface area contributed by atoms with E-state index in [9.17, 15) is 9.59 Å². The molecule has 21 heavy (non-hydrogen) atoms. The molecule has 0 saturated heterocycles. The van der Waals surface area contributed by atoms with Gasteiger partial charge in [0.1, 0.15) is 0 Å². The van der Waals surface area contributed by atoms with E-state index >= 15 is 0 Å². The Balaban J connectivity index is 2.44. The maximum absolute atomic E-state index is 11.4. The van der Waals surface area contributed by atoms with Gasteiger partial charge >= 0.3 is 11.9 Å². The molecule has 0 radical (unpaired) electrons. The Kier molecular flexibility index (Phi) is 4.23. The number of rotatable bonds is 3. The second kappa shape index (κ2) is 5.93. The lowest BCUT2D eigenvalue weighted by Crippen LogP contribution is -2.21. The third-order valence-corrected chi connectivity index (χ3v) is 4.21. The number of aryl methyl sites for hydroxylation is 1. The SMILES string of the molecule is C=C(C)c1sc(-c2cccc(C)c2)cc1NC(=O)C(=O)O. The van der Waals surface area contributed by atoms with Crippen LogP contribution in [0.1, 0.15) is 17.4 Å². The van der Waals surface area contributed by atoms with Gasteiger partial charge in [0, 0.05) is 4.88 Å². The summed E-state index contributed by atoms with van der Waals surface area (Å²) in [4.78, 5) is 23.8. The van der Waals surface area contributed by atoms with E-state index in [0.29, 0.717) is 5.69 Å². The number of nitrogens with one attached hydrogen (secondary N) is 1. The van der Waals surface area contributed by atoms with Crippen LogP contribution in [0.3, 0.4) is 0 Å².